The van der Waals surface area contributed by atoms with Crippen molar-refractivity contribution in [1.29, 1.82) is 0 Å². The van der Waals surface area contributed by atoms with Gasteiger partial charge in [-0.25, -0.2) is 4.98 Å². The summed E-state index contributed by atoms with van der Waals surface area (Å²) in [6, 6.07) is 9.45. The second-order valence-corrected chi connectivity index (χ2v) is 5.78. The molecule has 24 heavy (non-hydrogen) atoms. The van der Waals surface area contributed by atoms with Crippen molar-refractivity contribution in [3.05, 3.63) is 47.7 Å². The predicted octanol–water partition coefficient (Wildman–Crippen LogP) is 2.56. The number of carbonyl (C=O) groups is 1. The molecule has 0 fully saturated rings. The van der Waals surface area contributed by atoms with E-state index >= 15 is 0 Å². The number of amides is 1. The van der Waals surface area contributed by atoms with Gasteiger partial charge in [-0.1, -0.05) is 12.1 Å². The number of para-hydroxylation sites is 1. The molecule has 2 heterocycles. The number of nitrogens with zero attached hydrogens (tertiary/aromatic N) is 2. The molecule has 0 saturated carbocycles. The molecule has 126 valence electrons. The maximum atomic E-state index is 11.9. The SMILES string of the molecule is CN(C)C(=O)c1ccc(NCc2cccc3c2OCCCO3)nc1. The lowest BCUT2D eigenvalue weighted by Crippen LogP contribution is -2.21. The van der Waals surface area contributed by atoms with E-state index in [1.165, 1.54) is 4.90 Å². The van der Waals surface area contributed by atoms with Crippen LogP contribution in [0.2, 0.25) is 0 Å². The Hall–Kier alpha value is -2.76. The highest BCUT2D eigenvalue weighted by molar-refractivity contribution is 5.93. The molecule has 2 aromatic rings. The molecule has 0 unspecified atom stereocenters. The number of hydrogen-bond acceptors (Lipinski definition) is 5. The topological polar surface area (TPSA) is 63.7 Å². The lowest BCUT2D eigenvalue weighted by molar-refractivity contribution is 0.0827. The lowest BCUT2D eigenvalue weighted by Gasteiger charge is -2.14. The molecule has 1 aromatic heterocycles. The Labute approximate surface area is 141 Å². The minimum absolute atomic E-state index is 0.0621. The highest BCUT2D eigenvalue weighted by Crippen LogP contribution is 2.33. The number of carbonyl (C=O) groups excluding carboxylic acids is 1. The first kappa shape index (κ1) is 16.1. The molecular formula is C18H21N3O3. The highest BCUT2D eigenvalue weighted by atomic mass is 16.5. The summed E-state index contributed by atoms with van der Waals surface area (Å²) in [7, 11) is 3.44. The molecule has 0 radical (unpaired) electrons. The molecule has 0 bridgehead atoms. The van der Waals surface area contributed by atoms with Gasteiger partial charge in [-0.3, -0.25) is 4.79 Å². The lowest BCUT2D eigenvalue weighted by atomic mass is 10.2. The van der Waals surface area contributed by atoms with Crippen molar-refractivity contribution in [2.24, 2.45) is 0 Å². The summed E-state index contributed by atoms with van der Waals surface area (Å²) in [5.41, 5.74) is 1.58. The summed E-state index contributed by atoms with van der Waals surface area (Å²) < 4.78 is 11.5. The molecule has 0 spiro atoms. The number of rotatable bonds is 4. The third-order valence-corrected chi connectivity index (χ3v) is 3.73. The Morgan fingerprint density at radius 1 is 1.21 bits per heavy atom. The molecule has 1 N–H and O–H groups in total. The van der Waals surface area contributed by atoms with Gasteiger partial charge in [0.15, 0.2) is 11.5 Å². The van der Waals surface area contributed by atoms with Gasteiger partial charge in [0.25, 0.3) is 5.91 Å². The van der Waals surface area contributed by atoms with Crippen LogP contribution in [-0.4, -0.2) is 43.1 Å². The Bertz CT molecular complexity index is 714. The first-order valence-corrected chi connectivity index (χ1v) is 7.94. The number of nitrogens with one attached hydrogen (secondary N) is 1. The van der Waals surface area contributed by atoms with E-state index in [2.05, 4.69) is 10.3 Å². The molecule has 3 rings (SSSR count). The van der Waals surface area contributed by atoms with E-state index in [4.69, 9.17) is 9.47 Å². The molecule has 6 nitrogen and oxygen atoms in total. The van der Waals surface area contributed by atoms with Crippen LogP contribution >= 0.6 is 0 Å². The average Bonchev–Trinajstić information content (AvgIpc) is 2.85. The van der Waals surface area contributed by atoms with Gasteiger partial charge in [0.2, 0.25) is 0 Å². The second kappa shape index (κ2) is 7.21. The average molecular weight is 327 g/mol. The highest BCUT2D eigenvalue weighted by Gasteiger charge is 2.14. The monoisotopic (exact) mass is 327 g/mol. The maximum absolute atomic E-state index is 11.9. The van der Waals surface area contributed by atoms with E-state index in [0.29, 0.717) is 31.1 Å². The molecular weight excluding hydrogens is 306 g/mol. The number of pyridine rings is 1. The van der Waals surface area contributed by atoms with Crippen LogP contribution in [0.1, 0.15) is 22.3 Å². The number of ether oxygens (including phenoxy) is 2. The van der Waals surface area contributed by atoms with Gasteiger partial charge in [0.05, 0.1) is 18.8 Å². The van der Waals surface area contributed by atoms with Crippen molar-refractivity contribution in [1.82, 2.24) is 9.88 Å². The summed E-state index contributed by atoms with van der Waals surface area (Å²) in [6.07, 6.45) is 2.46. The van der Waals surface area contributed by atoms with Gasteiger partial charge in [-0.15, -0.1) is 0 Å². The van der Waals surface area contributed by atoms with Gasteiger partial charge in [-0.2, -0.15) is 0 Å². The van der Waals surface area contributed by atoms with E-state index in [1.54, 1.807) is 32.4 Å². The first-order valence-electron chi connectivity index (χ1n) is 7.94. The Kier molecular flexibility index (Phi) is 4.84. The van der Waals surface area contributed by atoms with Crippen molar-refractivity contribution in [2.75, 3.05) is 32.6 Å². The quantitative estimate of drug-likeness (QED) is 0.935. The Balaban J connectivity index is 1.69. The zero-order valence-corrected chi connectivity index (χ0v) is 13.9. The number of anilines is 1. The molecule has 6 heteroatoms. The first-order chi connectivity index (χ1) is 11.6. The van der Waals surface area contributed by atoms with E-state index < -0.39 is 0 Å². The van der Waals surface area contributed by atoms with Gasteiger partial charge < -0.3 is 19.7 Å². The smallest absolute Gasteiger partial charge is 0.254 e. The van der Waals surface area contributed by atoms with Crippen molar-refractivity contribution in [3.8, 4) is 11.5 Å². The maximum Gasteiger partial charge on any atom is 0.254 e. The standard InChI is InChI=1S/C18H21N3O3/c1-21(2)18(22)14-7-8-16(20-12-14)19-11-13-5-3-6-15-17(13)24-10-4-9-23-15/h3,5-8,12H,4,9-11H2,1-2H3,(H,19,20). The van der Waals surface area contributed by atoms with Crippen LogP contribution in [0.4, 0.5) is 5.82 Å². The predicted molar refractivity (Wildman–Crippen MR) is 91.6 cm³/mol. The normalized spacial score (nSPS) is 13.1. The zero-order valence-electron chi connectivity index (χ0n) is 13.9. The summed E-state index contributed by atoms with van der Waals surface area (Å²) in [4.78, 5) is 17.7. The van der Waals surface area contributed by atoms with E-state index in [-0.39, 0.29) is 5.91 Å². The molecule has 0 atom stereocenters. The number of hydrogen-bond donors (Lipinski definition) is 1. The fraction of sp³-hybridized carbons (Fsp3) is 0.333. The van der Waals surface area contributed by atoms with Crippen LogP contribution < -0.4 is 14.8 Å². The fourth-order valence-electron chi connectivity index (χ4n) is 2.46. The number of benzene rings is 1. The van der Waals surface area contributed by atoms with Crippen LogP contribution in [-0.2, 0) is 6.54 Å². The Morgan fingerprint density at radius 2 is 2.04 bits per heavy atom. The Morgan fingerprint density at radius 3 is 2.79 bits per heavy atom. The summed E-state index contributed by atoms with van der Waals surface area (Å²) >= 11 is 0. The minimum Gasteiger partial charge on any atom is -0.490 e. The molecule has 1 aliphatic rings. The minimum atomic E-state index is -0.0621. The van der Waals surface area contributed by atoms with Crippen LogP contribution in [0.15, 0.2) is 36.5 Å². The fourth-order valence-corrected chi connectivity index (χ4v) is 2.46. The van der Waals surface area contributed by atoms with Crippen molar-refractivity contribution < 1.29 is 14.3 Å². The molecule has 1 amide bonds. The summed E-state index contributed by atoms with van der Waals surface area (Å²) in [6.45, 7) is 1.90. The van der Waals surface area contributed by atoms with Crippen molar-refractivity contribution in [3.63, 3.8) is 0 Å². The van der Waals surface area contributed by atoms with E-state index in [1.807, 2.05) is 18.2 Å². The number of fused-ring (bicyclic) bond motifs is 1. The van der Waals surface area contributed by atoms with Crippen LogP contribution in [0, 0.1) is 0 Å². The number of aromatic nitrogens is 1. The summed E-state index contributed by atoms with van der Waals surface area (Å²) in [5.74, 6) is 2.22. The summed E-state index contributed by atoms with van der Waals surface area (Å²) in [5, 5.41) is 3.26. The molecule has 0 saturated heterocycles. The molecule has 1 aliphatic heterocycles. The van der Waals surface area contributed by atoms with E-state index in [9.17, 15) is 4.79 Å². The molecule has 0 aliphatic carbocycles. The third-order valence-electron chi connectivity index (χ3n) is 3.73. The van der Waals surface area contributed by atoms with Gasteiger partial charge >= 0.3 is 0 Å². The second-order valence-electron chi connectivity index (χ2n) is 5.78. The van der Waals surface area contributed by atoms with E-state index in [0.717, 1.165) is 23.5 Å². The zero-order chi connectivity index (χ0) is 16.9. The van der Waals surface area contributed by atoms with Gasteiger partial charge in [0.1, 0.15) is 5.82 Å². The van der Waals surface area contributed by atoms with Crippen LogP contribution in [0.5, 0.6) is 11.5 Å². The van der Waals surface area contributed by atoms with Crippen molar-refractivity contribution in [2.45, 2.75) is 13.0 Å². The van der Waals surface area contributed by atoms with Crippen molar-refractivity contribution >= 4 is 11.7 Å². The van der Waals surface area contributed by atoms with Crippen LogP contribution in [0.25, 0.3) is 0 Å². The van der Waals surface area contributed by atoms with Gasteiger partial charge in [-0.05, 0) is 18.2 Å². The third kappa shape index (κ3) is 3.59. The molecule has 1 aromatic carbocycles. The largest absolute Gasteiger partial charge is 0.490 e. The van der Waals surface area contributed by atoms with Crippen LogP contribution in [0.3, 0.4) is 0 Å². The van der Waals surface area contributed by atoms with Gasteiger partial charge in [0, 0.05) is 38.8 Å².